The van der Waals surface area contributed by atoms with Gasteiger partial charge in [-0.25, -0.2) is 13.1 Å². The van der Waals surface area contributed by atoms with E-state index in [0.717, 1.165) is 11.1 Å². The second-order valence-corrected chi connectivity index (χ2v) is 4.78. The van der Waals surface area contributed by atoms with Crippen LogP contribution in [-0.4, -0.2) is 15.5 Å². The van der Waals surface area contributed by atoms with E-state index in [1.165, 1.54) is 7.05 Å². The first kappa shape index (κ1) is 10.2. The fourth-order valence-electron chi connectivity index (χ4n) is 1.12. The minimum absolute atomic E-state index is 0.295. The first-order valence-corrected chi connectivity index (χ1v) is 5.38. The molecule has 71 valence electrons. The zero-order valence-corrected chi connectivity index (χ0v) is 8.70. The molecule has 3 nitrogen and oxygen atoms in total. The maximum atomic E-state index is 11.4. The van der Waals surface area contributed by atoms with Gasteiger partial charge in [0.05, 0.1) is 4.90 Å². The molecule has 4 heteroatoms. The van der Waals surface area contributed by atoms with Crippen LogP contribution in [0.15, 0.2) is 17.0 Å². The lowest BCUT2D eigenvalue weighted by Crippen LogP contribution is -2.18. The van der Waals surface area contributed by atoms with Crippen LogP contribution in [0.2, 0.25) is 0 Å². The highest BCUT2D eigenvalue weighted by atomic mass is 32.2. The van der Waals surface area contributed by atoms with Gasteiger partial charge in [0.1, 0.15) is 0 Å². The molecule has 1 N–H and O–H groups in total. The van der Waals surface area contributed by atoms with Crippen LogP contribution in [0.25, 0.3) is 0 Å². The van der Waals surface area contributed by atoms with Gasteiger partial charge >= 0.3 is 0 Å². The molecule has 0 aliphatic carbocycles. The predicted molar refractivity (Wildman–Crippen MR) is 51.0 cm³/mol. The summed E-state index contributed by atoms with van der Waals surface area (Å²) in [5.74, 6) is 0. The highest BCUT2D eigenvalue weighted by molar-refractivity contribution is 7.89. The molecule has 0 aliphatic rings. The normalized spacial score (nSPS) is 11.6. The standard InChI is InChI=1S/C9H12NO2S/c1-7-4-8(2)6-9(5-7)13(11,12)10-3/h5-6,10H,1-3H3. The third kappa shape index (κ3) is 2.29. The van der Waals surface area contributed by atoms with Crippen LogP contribution in [0.3, 0.4) is 0 Å². The van der Waals surface area contributed by atoms with Gasteiger partial charge in [-0.3, -0.25) is 0 Å². The van der Waals surface area contributed by atoms with Crippen molar-refractivity contribution in [2.24, 2.45) is 0 Å². The molecule has 1 aromatic carbocycles. The van der Waals surface area contributed by atoms with Crippen LogP contribution in [0.4, 0.5) is 0 Å². The summed E-state index contributed by atoms with van der Waals surface area (Å²) in [4.78, 5) is 0.295. The van der Waals surface area contributed by atoms with Gasteiger partial charge in [0.2, 0.25) is 10.0 Å². The molecule has 1 aromatic rings. The second kappa shape index (κ2) is 3.47. The minimum atomic E-state index is -3.31. The van der Waals surface area contributed by atoms with E-state index in [4.69, 9.17) is 0 Å². The fourth-order valence-corrected chi connectivity index (χ4v) is 2.02. The fraction of sp³-hybridized carbons (Fsp3) is 0.333. The van der Waals surface area contributed by atoms with Crippen molar-refractivity contribution in [3.8, 4) is 0 Å². The quantitative estimate of drug-likeness (QED) is 0.771. The third-order valence-corrected chi connectivity index (χ3v) is 3.08. The Hall–Kier alpha value is -0.870. The summed E-state index contributed by atoms with van der Waals surface area (Å²) < 4.78 is 25.0. The first-order valence-electron chi connectivity index (χ1n) is 3.90. The summed E-state index contributed by atoms with van der Waals surface area (Å²) in [5.41, 5.74) is 1.66. The van der Waals surface area contributed by atoms with Gasteiger partial charge in [-0.15, -0.1) is 0 Å². The molecule has 0 atom stereocenters. The summed E-state index contributed by atoms with van der Waals surface area (Å²) in [6, 6.07) is 6.21. The predicted octanol–water partition coefficient (Wildman–Crippen LogP) is 1.01. The first-order chi connectivity index (χ1) is 5.95. The Balaban J connectivity index is 3.32. The van der Waals surface area contributed by atoms with E-state index in [-0.39, 0.29) is 0 Å². The van der Waals surface area contributed by atoms with E-state index in [9.17, 15) is 8.42 Å². The molecule has 1 rings (SSSR count). The van der Waals surface area contributed by atoms with E-state index in [1.807, 2.05) is 13.8 Å². The summed E-state index contributed by atoms with van der Waals surface area (Å²) in [6.07, 6.45) is 0. The molecule has 13 heavy (non-hydrogen) atoms. The molecule has 0 fully saturated rings. The summed E-state index contributed by atoms with van der Waals surface area (Å²) in [7, 11) is -1.91. The van der Waals surface area contributed by atoms with Gasteiger partial charge in [-0.1, -0.05) is 0 Å². The summed E-state index contributed by atoms with van der Waals surface area (Å²) in [5, 5.41) is 0. The van der Waals surface area contributed by atoms with E-state index in [2.05, 4.69) is 10.8 Å². The van der Waals surface area contributed by atoms with Crippen LogP contribution < -0.4 is 4.72 Å². The number of aryl methyl sites for hydroxylation is 2. The topological polar surface area (TPSA) is 46.2 Å². The van der Waals surface area contributed by atoms with Gasteiger partial charge < -0.3 is 0 Å². The number of hydrogen-bond donors (Lipinski definition) is 1. The minimum Gasteiger partial charge on any atom is -0.214 e. The third-order valence-electron chi connectivity index (χ3n) is 1.69. The highest BCUT2D eigenvalue weighted by Crippen LogP contribution is 2.12. The Morgan fingerprint density at radius 2 is 1.69 bits per heavy atom. The van der Waals surface area contributed by atoms with Crippen molar-refractivity contribution >= 4 is 10.0 Å². The summed E-state index contributed by atoms with van der Waals surface area (Å²) >= 11 is 0. The van der Waals surface area contributed by atoms with Crippen LogP contribution in [0.5, 0.6) is 0 Å². The Morgan fingerprint density at radius 3 is 2.08 bits per heavy atom. The Kier molecular flexibility index (Phi) is 2.73. The Morgan fingerprint density at radius 1 is 1.23 bits per heavy atom. The maximum Gasteiger partial charge on any atom is 0.240 e. The van der Waals surface area contributed by atoms with Gasteiger partial charge in [-0.05, 0) is 50.2 Å². The number of sulfonamides is 1. The Bertz CT molecular complexity index is 389. The molecule has 0 heterocycles. The SMILES string of the molecule is CNS(=O)(=O)c1cc(C)[c]c(C)c1. The van der Waals surface area contributed by atoms with Crippen LogP contribution in [0.1, 0.15) is 11.1 Å². The number of benzene rings is 1. The van der Waals surface area contributed by atoms with Crippen LogP contribution in [0, 0.1) is 19.9 Å². The smallest absolute Gasteiger partial charge is 0.214 e. The molecule has 0 unspecified atom stereocenters. The van der Waals surface area contributed by atoms with Crippen LogP contribution >= 0.6 is 0 Å². The summed E-state index contributed by atoms with van der Waals surface area (Å²) in [6.45, 7) is 3.64. The monoisotopic (exact) mass is 198 g/mol. The average molecular weight is 198 g/mol. The van der Waals surface area contributed by atoms with Gasteiger partial charge in [0, 0.05) is 0 Å². The van der Waals surface area contributed by atoms with Gasteiger partial charge in [0.25, 0.3) is 0 Å². The van der Waals surface area contributed by atoms with E-state index in [0.29, 0.717) is 4.90 Å². The number of rotatable bonds is 2. The van der Waals surface area contributed by atoms with Gasteiger partial charge in [0.15, 0.2) is 0 Å². The largest absolute Gasteiger partial charge is 0.240 e. The highest BCUT2D eigenvalue weighted by Gasteiger charge is 2.11. The van der Waals surface area contributed by atoms with Crippen molar-refractivity contribution in [1.82, 2.24) is 4.72 Å². The molecule has 1 radical (unpaired) electrons. The van der Waals surface area contributed by atoms with E-state index < -0.39 is 10.0 Å². The Labute approximate surface area is 78.8 Å². The van der Waals surface area contributed by atoms with E-state index >= 15 is 0 Å². The molecule has 0 spiro atoms. The number of nitrogens with one attached hydrogen (secondary N) is 1. The lowest BCUT2D eigenvalue weighted by molar-refractivity contribution is 0.588. The van der Waals surface area contributed by atoms with Crippen molar-refractivity contribution in [3.05, 3.63) is 29.3 Å². The zero-order valence-electron chi connectivity index (χ0n) is 7.88. The molecular weight excluding hydrogens is 186 g/mol. The van der Waals surface area contributed by atoms with Crippen molar-refractivity contribution in [3.63, 3.8) is 0 Å². The van der Waals surface area contributed by atoms with Crippen molar-refractivity contribution in [2.45, 2.75) is 18.7 Å². The van der Waals surface area contributed by atoms with E-state index in [1.54, 1.807) is 12.1 Å². The molecule has 0 saturated heterocycles. The van der Waals surface area contributed by atoms with Gasteiger partial charge in [-0.2, -0.15) is 0 Å². The zero-order chi connectivity index (χ0) is 10.1. The average Bonchev–Trinajstić information content (AvgIpc) is 2.02. The van der Waals surface area contributed by atoms with Crippen molar-refractivity contribution < 1.29 is 8.42 Å². The molecule has 0 saturated carbocycles. The van der Waals surface area contributed by atoms with Crippen molar-refractivity contribution in [2.75, 3.05) is 7.05 Å². The molecule has 0 aliphatic heterocycles. The lowest BCUT2D eigenvalue weighted by Gasteiger charge is -2.04. The maximum absolute atomic E-state index is 11.4. The molecule has 0 amide bonds. The number of hydrogen-bond acceptors (Lipinski definition) is 2. The lowest BCUT2D eigenvalue weighted by atomic mass is 10.2. The molecule has 0 bridgehead atoms. The molecular formula is C9H12NO2S. The van der Waals surface area contributed by atoms with Crippen molar-refractivity contribution in [1.29, 1.82) is 0 Å². The molecule has 0 aromatic heterocycles. The second-order valence-electron chi connectivity index (χ2n) is 2.89. The van der Waals surface area contributed by atoms with Crippen LogP contribution in [-0.2, 0) is 10.0 Å².